The van der Waals surface area contributed by atoms with Gasteiger partial charge in [-0.1, -0.05) is 30.3 Å². The van der Waals surface area contributed by atoms with Gasteiger partial charge in [-0.3, -0.25) is 4.98 Å². The zero-order chi connectivity index (χ0) is 17.4. The highest BCUT2D eigenvalue weighted by Crippen LogP contribution is 2.37. The van der Waals surface area contributed by atoms with Gasteiger partial charge in [0.05, 0.1) is 11.6 Å². The van der Waals surface area contributed by atoms with Crippen molar-refractivity contribution in [3.05, 3.63) is 72.2 Å². The van der Waals surface area contributed by atoms with E-state index in [9.17, 15) is 12.8 Å². The van der Waals surface area contributed by atoms with Crippen LogP contribution in [-0.4, -0.2) is 24.3 Å². The van der Waals surface area contributed by atoms with Gasteiger partial charge in [0, 0.05) is 18.1 Å². The lowest BCUT2D eigenvalue weighted by molar-refractivity contribution is 0.397. The van der Waals surface area contributed by atoms with Gasteiger partial charge < -0.3 is 0 Å². The van der Waals surface area contributed by atoms with E-state index in [-0.39, 0.29) is 16.8 Å². The number of pyridine rings is 1. The Hall–Kier alpha value is -2.31. The number of sulfonamides is 1. The number of rotatable bonds is 3. The highest BCUT2D eigenvalue weighted by Gasteiger charge is 2.37. The summed E-state index contributed by atoms with van der Waals surface area (Å²) in [7, 11) is -3.70. The first kappa shape index (κ1) is 16.2. The molecule has 0 spiro atoms. The van der Waals surface area contributed by atoms with Gasteiger partial charge in [-0.25, -0.2) is 12.8 Å². The van der Waals surface area contributed by atoms with E-state index in [1.807, 2.05) is 12.1 Å². The topological polar surface area (TPSA) is 50.3 Å². The predicted molar refractivity (Wildman–Crippen MR) is 94.0 cm³/mol. The molecule has 0 bridgehead atoms. The number of hydrogen-bond acceptors (Lipinski definition) is 3. The molecule has 1 aliphatic rings. The van der Waals surface area contributed by atoms with Crippen molar-refractivity contribution in [1.29, 1.82) is 0 Å². The van der Waals surface area contributed by atoms with Crippen LogP contribution in [0.25, 0.3) is 10.9 Å². The molecule has 2 aromatic carbocycles. The molecule has 2 heterocycles. The van der Waals surface area contributed by atoms with Crippen molar-refractivity contribution in [2.24, 2.45) is 0 Å². The van der Waals surface area contributed by atoms with Crippen LogP contribution in [0.4, 0.5) is 4.39 Å². The molecule has 0 saturated carbocycles. The minimum atomic E-state index is -3.70. The third kappa shape index (κ3) is 2.81. The average Bonchev–Trinajstić information content (AvgIpc) is 3.12. The number of hydrogen-bond donors (Lipinski definition) is 0. The fourth-order valence-electron chi connectivity index (χ4n) is 3.46. The lowest BCUT2D eigenvalue weighted by Gasteiger charge is -2.25. The Kier molecular flexibility index (Phi) is 4.01. The molecule has 1 aliphatic heterocycles. The smallest absolute Gasteiger partial charge is 0.245 e. The molecule has 1 atom stereocenters. The lowest BCUT2D eigenvalue weighted by Crippen LogP contribution is -2.31. The van der Waals surface area contributed by atoms with E-state index in [0.717, 1.165) is 23.8 Å². The average molecular weight is 356 g/mol. The summed E-state index contributed by atoms with van der Waals surface area (Å²) < 4.78 is 41.3. The molecule has 1 unspecified atom stereocenters. The first-order chi connectivity index (χ1) is 12.1. The second kappa shape index (κ2) is 6.20. The molecular formula is C19H17FN2O2S. The van der Waals surface area contributed by atoms with E-state index in [1.54, 1.807) is 36.5 Å². The highest BCUT2D eigenvalue weighted by atomic mass is 32.2. The molecule has 1 aromatic heterocycles. The number of fused-ring (bicyclic) bond motifs is 1. The van der Waals surface area contributed by atoms with Crippen molar-refractivity contribution in [2.45, 2.75) is 23.8 Å². The molecule has 3 aromatic rings. The Bertz CT molecular complexity index is 1010. The second-order valence-corrected chi connectivity index (χ2v) is 8.02. The summed E-state index contributed by atoms with van der Waals surface area (Å²) in [6.45, 7) is 0.452. The van der Waals surface area contributed by atoms with Crippen LogP contribution >= 0.6 is 0 Å². The molecule has 0 aliphatic carbocycles. The minimum absolute atomic E-state index is 0.222. The lowest BCUT2D eigenvalue weighted by atomic mass is 10.1. The van der Waals surface area contributed by atoms with Gasteiger partial charge in [-0.05, 0) is 42.7 Å². The third-order valence-corrected chi connectivity index (χ3v) is 6.58. The summed E-state index contributed by atoms with van der Waals surface area (Å²) in [6.07, 6.45) is 3.10. The maximum atomic E-state index is 13.3. The van der Waals surface area contributed by atoms with Crippen LogP contribution in [0.2, 0.25) is 0 Å². The van der Waals surface area contributed by atoms with Crippen molar-refractivity contribution < 1.29 is 12.8 Å². The van der Waals surface area contributed by atoms with Gasteiger partial charge in [-0.2, -0.15) is 4.31 Å². The summed E-state index contributed by atoms with van der Waals surface area (Å²) in [4.78, 5) is 4.49. The summed E-state index contributed by atoms with van der Waals surface area (Å²) in [6, 6.07) is 14.6. The normalized spacial score (nSPS) is 18.7. The van der Waals surface area contributed by atoms with Crippen LogP contribution in [0.1, 0.15) is 24.4 Å². The van der Waals surface area contributed by atoms with Crippen LogP contribution in [0, 0.1) is 5.82 Å². The van der Waals surface area contributed by atoms with Crippen molar-refractivity contribution in [3.63, 3.8) is 0 Å². The first-order valence-corrected chi connectivity index (χ1v) is 9.62. The van der Waals surface area contributed by atoms with Crippen molar-refractivity contribution in [2.75, 3.05) is 6.54 Å². The zero-order valence-electron chi connectivity index (χ0n) is 13.5. The van der Waals surface area contributed by atoms with Gasteiger partial charge >= 0.3 is 0 Å². The van der Waals surface area contributed by atoms with E-state index in [4.69, 9.17) is 0 Å². The van der Waals surface area contributed by atoms with Crippen LogP contribution in [0.3, 0.4) is 0 Å². The van der Waals surface area contributed by atoms with E-state index < -0.39 is 10.0 Å². The van der Waals surface area contributed by atoms with Crippen LogP contribution in [0.5, 0.6) is 0 Å². The molecule has 0 amide bonds. The monoisotopic (exact) mass is 356 g/mol. The predicted octanol–water partition coefficient (Wildman–Crippen LogP) is 3.90. The van der Waals surface area contributed by atoms with Crippen molar-refractivity contribution >= 4 is 20.9 Å². The summed E-state index contributed by atoms with van der Waals surface area (Å²) in [5.74, 6) is -0.325. The highest BCUT2D eigenvalue weighted by molar-refractivity contribution is 7.89. The Morgan fingerprint density at radius 2 is 1.80 bits per heavy atom. The molecule has 128 valence electrons. The fourth-order valence-corrected chi connectivity index (χ4v) is 5.31. The maximum absolute atomic E-state index is 13.3. The first-order valence-electron chi connectivity index (χ1n) is 8.18. The molecule has 4 rings (SSSR count). The Morgan fingerprint density at radius 1 is 1.04 bits per heavy atom. The molecular weight excluding hydrogens is 339 g/mol. The SMILES string of the molecule is O=S(=O)(c1cccc2cccnc12)N1CCCC1c1ccc(F)cc1. The van der Waals surface area contributed by atoms with Crippen molar-refractivity contribution in [1.82, 2.24) is 9.29 Å². The molecule has 1 fully saturated rings. The molecule has 1 saturated heterocycles. The van der Waals surface area contributed by atoms with Gasteiger partial charge in [0.2, 0.25) is 10.0 Å². The van der Waals surface area contributed by atoms with Gasteiger partial charge in [0.15, 0.2) is 0 Å². The molecule has 6 heteroatoms. The largest absolute Gasteiger partial charge is 0.255 e. The standard InChI is InChI=1S/C19H17FN2O2S/c20-16-10-8-14(9-11-16)17-6-3-13-22(17)25(23,24)18-7-1-4-15-5-2-12-21-19(15)18/h1-2,4-5,7-12,17H,3,6,13H2. The van der Waals surface area contributed by atoms with Crippen LogP contribution < -0.4 is 0 Å². The maximum Gasteiger partial charge on any atom is 0.245 e. The number of aromatic nitrogens is 1. The number of nitrogens with zero attached hydrogens (tertiary/aromatic N) is 2. The number of benzene rings is 2. The van der Waals surface area contributed by atoms with Crippen LogP contribution in [0.15, 0.2) is 65.7 Å². The van der Waals surface area contributed by atoms with Gasteiger partial charge in [0.25, 0.3) is 0 Å². The van der Waals surface area contributed by atoms with E-state index in [2.05, 4.69) is 4.98 Å². The Morgan fingerprint density at radius 3 is 2.60 bits per heavy atom. The summed E-state index contributed by atoms with van der Waals surface area (Å²) in [5.41, 5.74) is 1.30. The number of halogens is 1. The van der Waals surface area contributed by atoms with Crippen LogP contribution in [-0.2, 0) is 10.0 Å². The van der Waals surface area contributed by atoms with E-state index in [0.29, 0.717) is 12.1 Å². The second-order valence-electron chi connectivity index (χ2n) is 6.16. The molecule has 25 heavy (non-hydrogen) atoms. The van der Waals surface area contributed by atoms with Crippen molar-refractivity contribution in [3.8, 4) is 0 Å². The fraction of sp³-hybridized carbons (Fsp3) is 0.211. The molecule has 0 radical (unpaired) electrons. The minimum Gasteiger partial charge on any atom is -0.255 e. The molecule has 0 N–H and O–H groups in total. The summed E-state index contributed by atoms with van der Waals surface area (Å²) in [5, 5.41) is 0.793. The van der Waals surface area contributed by atoms with E-state index >= 15 is 0 Å². The van der Waals surface area contributed by atoms with Gasteiger partial charge in [-0.15, -0.1) is 0 Å². The molecule has 4 nitrogen and oxygen atoms in total. The van der Waals surface area contributed by atoms with E-state index in [1.165, 1.54) is 16.4 Å². The Balaban J connectivity index is 1.80. The Labute approximate surface area is 146 Å². The quantitative estimate of drug-likeness (QED) is 0.715. The number of para-hydroxylation sites is 1. The summed E-state index contributed by atoms with van der Waals surface area (Å²) >= 11 is 0. The van der Waals surface area contributed by atoms with Gasteiger partial charge in [0.1, 0.15) is 10.7 Å². The third-order valence-electron chi connectivity index (χ3n) is 4.64. The zero-order valence-corrected chi connectivity index (χ0v) is 14.3.